The van der Waals surface area contributed by atoms with E-state index >= 15 is 0 Å². The van der Waals surface area contributed by atoms with Crippen LogP contribution in [0, 0.1) is 6.92 Å². The number of hydrogen-bond donors (Lipinski definition) is 2. The number of carbonyl (C=O) groups is 1. The average Bonchev–Trinajstić information content (AvgIpc) is 2.78. The Morgan fingerprint density at radius 3 is 2.28 bits per heavy atom. The first-order valence-corrected chi connectivity index (χ1v) is 11.0. The van der Waals surface area contributed by atoms with E-state index in [0.717, 1.165) is 26.7 Å². The summed E-state index contributed by atoms with van der Waals surface area (Å²) in [6, 6.07) is 27.8. The maximum atomic E-state index is 12.7. The van der Waals surface area contributed by atoms with Gasteiger partial charge in [0.1, 0.15) is 18.1 Å². The lowest BCUT2D eigenvalue weighted by Gasteiger charge is -2.10. The van der Waals surface area contributed by atoms with Crippen LogP contribution in [0.1, 0.15) is 21.5 Å². The van der Waals surface area contributed by atoms with Crippen LogP contribution >= 0.6 is 15.9 Å². The zero-order chi connectivity index (χ0) is 22.5. The van der Waals surface area contributed by atoms with Crippen molar-refractivity contribution in [3.8, 4) is 22.6 Å². The summed E-state index contributed by atoms with van der Waals surface area (Å²) in [4.78, 5) is 12.7. The molecular formula is C27H22BrNO3. The number of nitrogens with one attached hydrogen (secondary N) is 1. The van der Waals surface area contributed by atoms with Crippen molar-refractivity contribution in [2.24, 2.45) is 0 Å². The Bertz CT molecular complexity index is 1210. The number of phenolic OH excluding ortho intramolecular Hbond substituents is 1. The van der Waals surface area contributed by atoms with E-state index < -0.39 is 0 Å². The third-order valence-electron chi connectivity index (χ3n) is 4.95. The van der Waals surface area contributed by atoms with Crippen LogP contribution in [0.2, 0.25) is 0 Å². The fraction of sp³-hybridized carbons (Fsp3) is 0.0741. The Labute approximate surface area is 195 Å². The third-order valence-corrected chi connectivity index (χ3v) is 5.40. The molecule has 0 aliphatic heterocycles. The number of carbonyl (C=O) groups excluding carboxylic acids is 1. The van der Waals surface area contributed by atoms with Gasteiger partial charge in [-0.2, -0.15) is 0 Å². The van der Waals surface area contributed by atoms with Crippen molar-refractivity contribution in [2.75, 3.05) is 5.32 Å². The molecule has 4 aromatic carbocycles. The lowest BCUT2D eigenvalue weighted by atomic mass is 10.0. The first kappa shape index (κ1) is 21.7. The monoisotopic (exact) mass is 487 g/mol. The van der Waals surface area contributed by atoms with E-state index in [4.69, 9.17) is 4.74 Å². The van der Waals surface area contributed by atoms with Gasteiger partial charge in [-0.25, -0.2) is 0 Å². The molecule has 4 nitrogen and oxygen atoms in total. The SMILES string of the molecule is Cc1cc(Br)cc(COc2cccc(NC(=O)c3ccc(-c4ccc(O)cc4)cc3)c2)c1. The van der Waals surface area contributed by atoms with E-state index in [2.05, 4.69) is 33.4 Å². The van der Waals surface area contributed by atoms with Gasteiger partial charge in [0, 0.05) is 21.8 Å². The summed E-state index contributed by atoms with van der Waals surface area (Å²) in [5.41, 5.74) is 5.40. The average molecular weight is 488 g/mol. The molecule has 4 aromatic rings. The molecule has 0 saturated carbocycles. The first-order valence-electron chi connectivity index (χ1n) is 10.2. The normalized spacial score (nSPS) is 10.6. The molecule has 0 aromatic heterocycles. The van der Waals surface area contributed by atoms with Gasteiger partial charge in [-0.05, 0) is 77.7 Å². The number of hydrogen-bond acceptors (Lipinski definition) is 3. The van der Waals surface area contributed by atoms with Gasteiger partial charge in [-0.15, -0.1) is 0 Å². The standard InChI is InChI=1S/C27H22BrNO3/c1-18-13-19(15-23(28)14-18)17-32-26-4-2-3-24(16-26)29-27(31)22-7-5-20(6-8-22)21-9-11-25(30)12-10-21/h2-16,30H,17H2,1H3,(H,29,31). The molecule has 0 saturated heterocycles. The second-order valence-electron chi connectivity index (χ2n) is 7.53. The van der Waals surface area contributed by atoms with Gasteiger partial charge >= 0.3 is 0 Å². The predicted octanol–water partition coefficient (Wildman–Crippen LogP) is 6.96. The third kappa shape index (κ3) is 5.56. The van der Waals surface area contributed by atoms with Gasteiger partial charge < -0.3 is 15.2 Å². The van der Waals surface area contributed by atoms with E-state index in [1.165, 1.54) is 0 Å². The summed E-state index contributed by atoms with van der Waals surface area (Å²) < 4.78 is 6.93. The molecule has 32 heavy (non-hydrogen) atoms. The molecule has 0 aliphatic carbocycles. The highest BCUT2D eigenvalue weighted by Gasteiger charge is 2.08. The van der Waals surface area contributed by atoms with Crippen molar-refractivity contribution in [2.45, 2.75) is 13.5 Å². The lowest BCUT2D eigenvalue weighted by Crippen LogP contribution is -2.11. The zero-order valence-corrected chi connectivity index (χ0v) is 19.1. The van der Waals surface area contributed by atoms with E-state index in [1.54, 1.807) is 24.3 Å². The van der Waals surface area contributed by atoms with E-state index in [9.17, 15) is 9.90 Å². The maximum Gasteiger partial charge on any atom is 0.255 e. The van der Waals surface area contributed by atoms with Gasteiger partial charge in [0.15, 0.2) is 0 Å². The predicted molar refractivity (Wildman–Crippen MR) is 131 cm³/mol. The number of rotatable bonds is 6. The number of aryl methyl sites for hydroxylation is 1. The molecule has 0 fully saturated rings. The molecule has 0 atom stereocenters. The topological polar surface area (TPSA) is 58.6 Å². The molecule has 0 spiro atoms. The number of aromatic hydroxyl groups is 1. The fourth-order valence-corrected chi connectivity index (χ4v) is 4.05. The number of anilines is 1. The van der Waals surface area contributed by atoms with Crippen molar-refractivity contribution in [1.82, 2.24) is 0 Å². The summed E-state index contributed by atoms with van der Waals surface area (Å²) in [7, 11) is 0. The Morgan fingerprint density at radius 1 is 0.906 bits per heavy atom. The van der Waals surface area contributed by atoms with Crippen molar-refractivity contribution >= 4 is 27.5 Å². The molecule has 4 rings (SSSR count). The number of amides is 1. The van der Waals surface area contributed by atoms with Gasteiger partial charge in [0.05, 0.1) is 0 Å². The van der Waals surface area contributed by atoms with Crippen LogP contribution in [0.3, 0.4) is 0 Å². The van der Waals surface area contributed by atoms with Crippen LogP contribution in [0.5, 0.6) is 11.5 Å². The Morgan fingerprint density at radius 2 is 1.59 bits per heavy atom. The Kier molecular flexibility index (Phi) is 6.57. The first-order chi connectivity index (χ1) is 15.5. The van der Waals surface area contributed by atoms with Crippen molar-refractivity contribution in [3.63, 3.8) is 0 Å². The van der Waals surface area contributed by atoms with Crippen LogP contribution in [-0.4, -0.2) is 11.0 Å². The number of phenols is 1. The van der Waals surface area contributed by atoms with E-state index in [-0.39, 0.29) is 11.7 Å². The van der Waals surface area contributed by atoms with Crippen LogP contribution < -0.4 is 10.1 Å². The van der Waals surface area contributed by atoms with Crippen molar-refractivity contribution in [1.29, 1.82) is 0 Å². The van der Waals surface area contributed by atoms with Gasteiger partial charge in [0.2, 0.25) is 0 Å². The number of halogens is 1. The summed E-state index contributed by atoms with van der Waals surface area (Å²) in [5, 5.41) is 12.4. The van der Waals surface area contributed by atoms with E-state index in [1.807, 2.05) is 61.5 Å². The minimum absolute atomic E-state index is 0.193. The molecule has 1 amide bonds. The minimum Gasteiger partial charge on any atom is -0.508 e. The molecule has 0 heterocycles. The molecule has 160 valence electrons. The molecule has 5 heteroatoms. The molecule has 0 radical (unpaired) electrons. The molecule has 0 unspecified atom stereocenters. The molecule has 2 N–H and O–H groups in total. The smallest absolute Gasteiger partial charge is 0.255 e. The number of benzene rings is 4. The summed E-state index contributed by atoms with van der Waals surface area (Å²) in [6.07, 6.45) is 0. The highest BCUT2D eigenvalue weighted by molar-refractivity contribution is 9.10. The molecule has 0 aliphatic rings. The highest BCUT2D eigenvalue weighted by atomic mass is 79.9. The quantitative estimate of drug-likeness (QED) is 0.309. The maximum absolute atomic E-state index is 12.7. The second kappa shape index (κ2) is 9.71. The Hall–Kier alpha value is -3.57. The van der Waals surface area contributed by atoms with Crippen molar-refractivity contribution in [3.05, 3.63) is 112 Å². The van der Waals surface area contributed by atoms with Crippen LogP contribution in [0.15, 0.2) is 95.5 Å². The summed E-state index contributed by atoms with van der Waals surface area (Å²) in [5.74, 6) is 0.716. The van der Waals surface area contributed by atoms with Crippen LogP contribution in [-0.2, 0) is 6.61 Å². The van der Waals surface area contributed by atoms with Crippen molar-refractivity contribution < 1.29 is 14.6 Å². The highest BCUT2D eigenvalue weighted by Crippen LogP contribution is 2.24. The number of ether oxygens (including phenoxy) is 1. The van der Waals surface area contributed by atoms with Gasteiger partial charge in [-0.3, -0.25) is 4.79 Å². The summed E-state index contributed by atoms with van der Waals surface area (Å²) >= 11 is 3.51. The second-order valence-corrected chi connectivity index (χ2v) is 8.45. The zero-order valence-electron chi connectivity index (χ0n) is 17.5. The van der Waals surface area contributed by atoms with Gasteiger partial charge in [0.25, 0.3) is 5.91 Å². The summed E-state index contributed by atoms with van der Waals surface area (Å²) in [6.45, 7) is 2.48. The van der Waals surface area contributed by atoms with Crippen LogP contribution in [0.25, 0.3) is 11.1 Å². The largest absolute Gasteiger partial charge is 0.508 e. The minimum atomic E-state index is -0.193. The lowest BCUT2D eigenvalue weighted by molar-refractivity contribution is 0.102. The van der Waals surface area contributed by atoms with Gasteiger partial charge in [-0.1, -0.05) is 52.3 Å². The Balaban J connectivity index is 1.40. The molecule has 0 bridgehead atoms. The van der Waals surface area contributed by atoms with Crippen LogP contribution in [0.4, 0.5) is 5.69 Å². The van der Waals surface area contributed by atoms with E-state index in [0.29, 0.717) is 23.6 Å². The fourth-order valence-electron chi connectivity index (χ4n) is 3.40. The molecular weight excluding hydrogens is 466 g/mol.